The van der Waals surface area contributed by atoms with Crippen molar-refractivity contribution in [2.24, 2.45) is 0 Å². The molecular formula is C17H31N3. The Labute approximate surface area is 124 Å². The number of rotatable bonds is 5. The smallest absolute Gasteiger partial charge is 0.108 e. The molecule has 0 spiro atoms. The number of hydrogen-bond acceptors (Lipinski definition) is 3. The third kappa shape index (κ3) is 3.54. The van der Waals surface area contributed by atoms with E-state index in [0.717, 1.165) is 31.8 Å². The Morgan fingerprint density at radius 1 is 1.25 bits per heavy atom. The molecule has 0 aromatic rings. The SMILES string of the molecule is CCCNC1(C#N)CCCC(N2CCCCC2CC)C1. The van der Waals surface area contributed by atoms with E-state index in [4.69, 9.17) is 0 Å². The summed E-state index contributed by atoms with van der Waals surface area (Å²) in [5.74, 6) is 0. The maximum atomic E-state index is 9.68. The molecule has 2 aliphatic rings. The van der Waals surface area contributed by atoms with E-state index >= 15 is 0 Å². The van der Waals surface area contributed by atoms with Gasteiger partial charge < -0.3 is 0 Å². The molecule has 1 saturated heterocycles. The number of nitrogens with one attached hydrogen (secondary N) is 1. The molecule has 3 nitrogen and oxygen atoms in total. The summed E-state index contributed by atoms with van der Waals surface area (Å²) in [6, 6.07) is 4.00. The van der Waals surface area contributed by atoms with E-state index < -0.39 is 0 Å². The van der Waals surface area contributed by atoms with E-state index in [0.29, 0.717) is 6.04 Å². The largest absolute Gasteiger partial charge is 0.299 e. The highest BCUT2D eigenvalue weighted by atomic mass is 15.2. The van der Waals surface area contributed by atoms with Crippen LogP contribution in [0, 0.1) is 11.3 Å². The van der Waals surface area contributed by atoms with Crippen LogP contribution in [-0.4, -0.2) is 35.6 Å². The van der Waals surface area contributed by atoms with Crippen molar-refractivity contribution in [1.82, 2.24) is 10.2 Å². The molecule has 1 heterocycles. The average molecular weight is 277 g/mol. The first kappa shape index (κ1) is 15.8. The van der Waals surface area contributed by atoms with Gasteiger partial charge in [0.1, 0.15) is 5.54 Å². The molecule has 3 heteroatoms. The van der Waals surface area contributed by atoms with Crippen LogP contribution in [0.25, 0.3) is 0 Å². The fourth-order valence-corrected chi connectivity index (χ4v) is 4.14. The van der Waals surface area contributed by atoms with Crippen LogP contribution in [0.1, 0.15) is 71.6 Å². The van der Waals surface area contributed by atoms with Crippen molar-refractivity contribution in [2.45, 2.75) is 89.3 Å². The lowest BCUT2D eigenvalue weighted by Crippen LogP contribution is -2.55. The Hall–Kier alpha value is -0.590. The third-order valence-electron chi connectivity index (χ3n) is 5.27. The second-order valence-electron chi connectivity index (χ2n) is 6.67. The lowest BCUT2D eigenvalue weighted by molar-refractivity contribution is 0.0521. The highest BCUT2D eigenvalue weighted by Crippen LogP contribution is 2.34. The molecule has 1 saturated carbocycles. The quantitative estimate of drug-likeness (QED) is 0.836. The predicted molar refractivity (Wildman–Crippen MR) is 83.5 cm³/mol. The van der Waals surface area contributed by atoms with Gasteiger partial charge in [-0.25, -0.2) is 0 Å². The van der Waals surface area contributed by atoms with Crippen molar-refractivity contribution >= 4 is 0 Å². The molecule has 1 N–H and O–H groups in total. The molecular weight excluding hydrogens is 246 g/mol. The van der Waals surface area contributed by atoms with Gasteiger partial charge in [0, 0.05) is 12.1 Å². The van der Waals surface area contributed by atoms with Crippen LogP contribution in [0.3, 0.4) is 0 Å². The van der Waals surface area contributed by atoms with Crippen LogP contribution in [-0.2, 0) is 0 Å². The lowest BCUT2D eigenvalue weighted by atomic mass is 9.78. The minimum atomic E-state index is -0.255. The molecule has 0 aromatic carbocycles. The molecule has 3 atom stereocenters. The van der Waals surface area contributed by atoms with E-state index in [1.54, 1.807) is 0 Å². The summed E-state index contributed by atoms with van der Waals surface area (Å²) in [6.07, 6.45) is 11.0. The fraction of sp³-hybridized carbons (Fsp3) is 0.941. The fourth-order valence-electron chi connectivity index (χ4n) is 4.14. The number of likely N-dealkylation sites (tertiary alicyclic amines) is 1. The van der Waals surface area contributed by atoms with Crippen molar-refractivity contribution in [3.05, 3.63) is 0 Å². The number of nitrogens with zero attached hydrogens (tertiary/aromatic N) is 2. The van der Waals surface area contributed by atoms with Crippen molar-refractivity contribution in [1.29, 1.82) is 5.26 Å². The minimum Gasteiger partial charge on any atom is -0.299 e. The summed E-state index contributed by atoms with van der Waals surface area (Å²) in [5.41, 5.74) is -0.255. The van der Waals surface area contributed by atoms with Gasteiger partial charge >= 0.3 is 0 Å². The molecule has 3 unspecified atom stereocenters. The van der Waals surface area contributed by atoms with Gasteiger partial charge in [0.05, 0.1) is 6.07 Å². The second-order valence-corrected chi connectivity index (χ2v) is 6.67. The predicted octanol–water partition coefficient (Wildman–Crippen LogP) is 3.46. The van der Waals surface area contributed by atoms with Crippen LogP contribution in [0.4, 0.5) is 0 Å². The Morgan fingerprint density at radius 3 is 2.80 bits per heavy atom. The molecule has 1 aliphatic heterocycles. The topological polar surface area (TPSA) is 39.1 Å². The molecule has 114 valence electrons. The van der Waals surface area contributed by atoms with Crippen LogP contribution >= 0.6 is 0 Å². The van der Waals surface area contributed by atoms with E-state index in [9.17, 15) is 5.26 Å². The van der Waals surface area contributed by atoms with E-state index in [-0.39, 0.29) is 5.54 Å². The molecule has 0 radical (unpaired) electrons. The van der Waals surface area contributed by atoms with Crippen molar-refractivity contribution < 1.29 is 0 Å². The van der Waals surface area contributed by atoms with E-state index in [2.05, 4.69) is 30.1 Å². The average Bonchev–Trinajstić information content (AvgIpc) is 2.53. The van der Waals surface area contributed by atoms with Crippen LogP contribution < -0.4 is 5.32 Å². The highest BCUT2D eigenvalue weighted by molar-refractivity contribution is 5.11. The Bertz CT molecular complexity index is 336. The summed E-state index contributed by atoms with van der Waals surface area (Å²) < 4.78 is 0. The van der Waals surface area contributed by atoms with Gasteiger partial charge in [0.2, 0.25) is 0 Å². The Kier molecular flexibility index (Phi) is 5.86. The molecule has 0 amide bonds. The number of piperidine rings is 1. The monoisotopic (exact) mass is 277 g/mol. The lowest BCUT2D eigenvalue weighted by Gasteiger charge is -2.46. The zero-order valence-electron chi connectivity index (χ0n) is 13.3. The summed E-state index contributed by atoms with van der Waals surface area (Å²) in [4.78, 5) is 2.74. The number of hydrogen-bond donors (Lipinski definition) is 1. The zero-order chi connectivity index (χ0) is 14.4. The normalized spacial score (nSPS) is 35.6. The molecule has 0 aromatic heterocycles. The van der Waals surface area contributed by atoms with Crippen molar-refractivity contribution in [3.63, 3.8) is 0 Å². The third-order valence-corrected chi connectivity index (χ3v) is 5.27. The van der Waals surface area contributed by atoms with E-state index in [1.165, 1.54) is 45.1 Å². The Balaban J connectivity index is 2.03. The number of nitriles is 1. The first-order chi connectivity index (χ1) is 9.74. The summed E-state index contributed by atoms with van der Waals surface area (Å²) in [7, 11) is 0. The molecule has 20 heavy (non-hydrogen) atoms. The first-order valence-electron chi connectivity index (χ1n) is 8.66. The minimum absolute atomic E-state index is 0.255. The summed E-state index contributed by atoms with van der Waals surface area (Å²) in [5, 5.41) is 13.2. The maximum absolute atomic E-state index is 9.68. The molecule has 2 fully saturated rings. The Morgan fingerprint density at radius 2 is 2.10 bits per heavy atom. The van der Waals surface area contributed by atoms with Gasteiger partial charge in [0.15, 0.2) is 0 Å². The van der Waals surface area contributed by atoms with Gasteiger partial charge in [-0.2, -0.15) is 5.26 Å². The summed E-state index contributed by atoms with van der Waals surface area (Å²) in [6.45, 7) is 6.71. The second kappa shape index (κ2) is 7.43. The van der Waals surface area contributed by atoms with E-state index in [1.807, 2.05) is 0 Å². The maximum Gasteiger partial charge on any atom is 0.108 e. The van der Waals surface area contributed by atoms with Crippen LogP contribution in [0.15, 0.2) is 0 Å². The van der Waals surface area contributed by atoms with Crippen LogP contribution in [0.2, 0.25) is 0 Å². The van der Waals surface area contributed by atoms with Gasteiger partial charge in [-0.05, 0) is 64.5 Å². The zero-order valence-corrected chi connectivity index (χ0v) is 13.3. The van der Waals surface area contributed by atoms with Gasteiger partial charge in [-0.15, -0.1) is 0 Å². The van der Waals surface area contributed by atoms with Gasteiger partial charge in [0.25, 0.3) is 0 Å². The van der Waals surface area contributed by atoms with Crippen molar-refractivity contribution in [2.75, 3.05) is 13.1 Å². The van der Waals surface area contributed by atoms with Crippen LogP contribution in [0.5, 0.6) is 0 Å². The highest BCUT2D eigenvalue weighted by Gasteiger charge is 2.39. The molecule has 0 bridgehead atoms. The summed E-state index contributed by atoms with van der Waals surface area (Å²) >= 11 is 0. The standard InChI is InChI=1S/C17H31N3/c1-3-11-19-17(14-18)10-7-9-16(13-17)20-12-6-5-8-15(20)4-2/h15-16,19H,3-13H2,1-2H3. The first-order valence-corrected chi connectivity index (χ1v) is 8.66. The van der Waals surface area contributed by atoms with Gasteiger partial charge in [-0.1, -0.05) is 20.3 Å². The van der Waals surface area contributed by atoms with Gasteiger partial charge in [-0.3, -0.25) is 10.2 Å². The molecule has 2 rings (SSSR count). The van der Waals surface area contributed by atoms with Crippen molar-refractivity contribution in [3.8, 4) is 6.07 Å². The molecule has 1 aliphatic carbocycles.